The summed E-state index contributed by atoms with van der Waals surface area (Å²) in [7, 11) is 0. The van der Waals surface area contributed by atoms with Gasteiger partial charge in [0, 0.05) is 12.1 Å². The maximum absolute atomic E-state index is 3.83. The van der Waals surface area contributed by atoms with Gasteiger partial charge in [0.1, 0.15) is 0 Å². The Labute approximate surface area is 110 Å². The van der Waals surface area contributed by atoms with Crippen LogP contribution in [0.15, 0.2) is 41.5 Å². The largest absolute Gasteiger partial charge is 0.310 e. The third kappa shape index (κ3) is 2.84. The summed E-state index contributed by atoms with van der Waals surface area (Å²) in [6, 6.07) is 12.3. The summed E-state index contributed by atoms with van der Waals surface area (Å²) < 4.78 is 0. The lowest BCUT2D eigenvalue weighted by Gasteiger charge is -2.32. The first-order chi connectivity index (χ1) is 8.85. The second-order valence-electron chi connectivity index (χ2n) is 5.77. The lowest BCUT2D eigenvalue weighted by molar-refractivity contribution is 0.362. The Bertz CT molecular complexity index is 426. The predicted octanol–water partition coefficient (Wildman–Crippen LogP) is 3.85. The molecule has 1 saturated carbocycles. The average Bonchev–Trinajstić information content (AvgIpc) is 3.24. The van der Waals surface area contributed by atoms with E-state index in [9.17, 15) is 0 Å². The maximum Gasteiger partial charge on any atom is 0.0147 e. The van der Waals surface area contributed by atoms with Crippen LogP contribution in [0.4, 0.5) is 0 Å². The first-order valence-corrected chi connectivity index (χ1v) is 7.35. The lowest BCUT2D eigenvalue weighted by atomic mass is 9.88. The summed E-state index contributed by atoms with van der Waals surface area (Å²) in [5, 5.41) is 3.83. The monoisotopic (exact) mass is 241 g/mol. The van der Waals surface area contributed by atoms with Gasteiger partial charge in [0.05, 0.1) is 0 Å². The minimum absolute atomic E-state index is 0.647. The second-order valence-corrected chi connectivity index (χ2v) is 5.77. The maximum atomic E-state index is 3.83. The molecule has 2 atom stereocenters. The molecule has 1 aliphatic heterocycles. The molecular weight excluding hydrogens is 218 g/mol. The van der Waals surface area contributed by atoms with E-state index in [2.05, 4.69) is 42.6 Å². The van der Waals surface area contributed by atoms with Gasteiger partial charge in [-0.3, -0.25) is 0 Å². The predicted molar refractivity (Wildman–Crippen MR) is 76.6 cm³/mol. The number of piperidine rings is 1. The van der Waals surface area contributed by atoms with Crippen molar-refractivity contribution >= 4 is 0 Å². The molecule has 18 heavy (non-hydrogen) atoms. The van der Waals surface area contributed by atoms with Gasteiger partial charge in [0.2, 0.25) is 0 Å². The van der Waals surface area contributed by atoms with Crippen LogP contribution in [0.3, 0.4) is 0 Å². The molecule has 1 aromatic carbocycles. The van der Waals surface area contributed by atoms with E-state index in [1.165, 1.54) is 44.1 Å². The van der Waals surface area contributed by atoms with Gasteiger partial charge in [-0.1, -0.05) is 48.4 Å². The van der Waals surface area contributed by atoms with Crippen molar-refractivity contribution in [3.63, 3.8) is 0 Å². The topological polar surface area (TPSA) is 12.0 Å². The molecule has 2 aliphatic rings. The number of hydrogen-bond donors (Lipinski definition) is 1. The van der Waals surface area contributed by atoms with E-state index in [4.69, 9.17) is 0 Å². The Kier molecular flexibility index (Phi) is 3.51. The quantitative estimate of drug-likeness (QED) is 0.793. The molecule has 1 nitrogen and oxygen atoms in total. The van der Waals surface area contributed by atoms with Crippen molar-refractivity contribution in [2.45, 2.75) is 57.5 Å². The fourth-order valence-electron chi connectivity index (χ4n) is 3.13. The van der Waals surface area contributed by atoms with Crippen LogP contribution < -0.4 is 5.32 Å². The molecule has 96 valence electrons. The number of rotatable bonds is 3. The number of hydrogen-bond acceptors (Lipinski definition) is 1. The van der Waals surface area contributed by atoms with Crippen molar-refractivity contribution in [2.75, 3.05) is 0 Å². The first kappa shape index (κ1) is 12.0. The van der Waals surface area contributed by atoms with Crippen molar-refractivity contribution in [3.05, 3.63) is 47.0 Å². The smallest absolute Gasteiger partial charge is 0.0147 e. The van der Waals surface area contributed by atoms with Crippen LogP contribution in [0.5, 0.6) is 0 Å². The van der Waals surface area contributed by atoms with Crippen LogP contribution in [0.25, 0.3) is 0 Å². The lowest BCUT2D eigenvalue weighted by Crippen LogP contribution is -2.44. The second kappa shape index (κ2) is 5.27. The Morgan fingerprint density at radius 2 is 1.72 bits per heavy atom. The summed E-state index contributed by atoms with van der Waals surface area (Å²) >= 11 is 0. The van der Waals surface area contributed by atoms with Gasteiger partial charge in [0.25, 0.3) is 0 Å². The molecule has 1 heteroatoms. The molecule has 1 heterocycles. The van der Waals surface area contributed by atoms with Gasteiger partial charge < -0.3 is 5.32 Å². The van der Waals surface area contributed by atoms with Crippen molar-refractivity contribution in [1.82, 2.24) is 5.32 Å². The summed E-state index contributed by atoms with van der Waals surface area (Å²) in [6.07, 6.45) is 7.77. The van der Waals surface area contributed by atoms with E-state index in [-0.39, 0.29) is 0 Å². The SMILES string of the molecule is CC[C@@H]1CC(=C2CC2)C[C@H](Cc2ccccc2)N1. The Morgan fingerprint density at radius 1 is 1.00 bits per heavy atom. The molecule has 0 amide bonds. The summed E-state index contributed by atoms with van der Waals surface area (Å²) in [4.78, 5) is 0. The molecule has 0 radical (unpaired) electrons. The molecule has 1 aliphatic carbocycles. The summed E-state index contributed by atoms with van der Waals surface area (Å²) in [6.45, 7) is 2.30. The van der Waals surface area contributed by atoms with E-state index < -0.39 is 0 Å². The minimum Gasteiger partial charge on any atom is -0.310 e. The zero-order valence-corrected chi connectivity index (χ0v) is 11.3. The number of nitrogens with one attached hydrogen (secondary N) is 1. The molecule has 0 unspecified atom stereocenters. The highest BCUT2D eigenvalue weighted by Crippen LogP contribution is 2.37. The average molecular weight is 241 g/mol. The van der Waals surface area contributed by atoms with Crippen molar-refractivity contribution < 1.29 is 0 Å². The Balaban J connectivity index is 1.69. The van der Waals surface area contributed by atoms with Gasteiger partial charge >= 0.3 is 0 Å². The van der Waals surface area contributed by atoms with Crippen LogP contribution in [0.2, 0.25) is 0 Å². The normalized spacial score (nSPS) is 27.4. The highest BCUT2D eigenvalue weighted by molar-refractivity contribution is 5.29. The van der Waals surface area contributed by atoms with Gasteiger partial charge in [-0.05, 0) is 44.1 Å². The fourth-order valence-corrected chi connectivity index (χ4v) is 3.13. The fraction of sp³-hybridized carbons (Fsp3) is 0.529. The highest BCUT2D eigenvalue weighted by Gasteiger charge is 2.27. The zero-order chi connectivity index (χ0) is 12.4. The van der Waals surface area contributed by atoms with E-state index in [1.807, 2.05) is 0 Å². The summed E-state index contributed by atoms with van der Waals surface area (Å²) in [5.41, 5.74) is 5.02. The van der Waals surface area contributed by atoms with E-state index >= 15 is 0 Å². The highest BCUT2D eigenvalue weighted by atomic mass is 15.0. The van der Waals surface area contributed by atoms with E-state index in [1.54, 1.807) is 11.1 Å². The molecule has 1 aromatic rings. The van der Waals surface area contributed by atoms with E-state index in [0.717, 1.165) is 0 Å². The first-order valence-electron chi connectivity index (χ1n) is 7.35. The van der Waals surface area contributed by atoms with E-state index in [0.29, 0.717) is 12.1 Å². The van der Waals surface area contributed by atoms with Crippen LogP contribution in [0, 0.1) is 0 Å². The minimum atomic E-state index is 0.647. The van der Waals surface area contributed by atoms with Gasteiger partial charge in [-0.15, -0.1) is 0 Å². The molecule has 0 spiro atoms. The molecule has 0 bridgehead atoms. The Hall–Kier alpha value is -1.08. The van der Waals surface area contributed by atoms with Crippen molar-refractivity contribution in [1.29, 1.82) is 0 Å². The van der Waals surface area contributed by atoms with Crippen LogP contribution in [-0.2, 0) is 6.42 Å². The number of benzene rings is 1. The van der Waals surface area contributed by atoms with Crippen LogP contribution in [-0.4, -0.2) is 12.1 Å². The third-order valence-electron chi connectivity index (χ3n) is 4.27. The van der Waals surface area contributed by atoms with Crippen molar-refractivity contribution in [3.8, 4) is 0 Å². The van der Waals surface area contributed by atoms with Gasteiger partial charge in [0.15, 0.2) is 0 Å². The molecule has 3 rings (SSSR count). The summed E-state index contributed by atoms with van der Waals surface area (Å²) in [5.74, 6) is 0. The molecule has 2 fully saturated rings. The Morgan fingerprint density at radius 3 is 2.39 bits per heavy atom. The molecular formula is C17H23N. The molecule has 0 aromatic heterocycles. The van der Waals surface area contributed by atoms with Crippen LogP contribution >= 0.6 is 0 Å². The van der Waals surface area contributed by atoms with Gasteiger partial charge in [-0.2, -0.15) is 0 Å². The van der Waals surface area contributed by atoms with Crippen LogP contribution in [0.1, 0.15) is 44.6 Å². The molecule has 1 N–H and O–H groups in total. The van der Waals surface area contributed by atoms with Crippen molar-refractivity contribution in [2.24, 2.45) is 0 Å². The number of allylic oxidation sites excluding steroid dienone is 1. The van der Waals surface area contributed by atoms with Gasteiger partial charge in [-0.25, -0.2) is 0 Å². The standard InChI is InChI=1S/C17H23N/c1-2-16-11-15(14-8-9-14)12-17(18-16)10-13-6-4-3-5-7-13/h3-7,16-18H,2,8-12H2,1H3/t16-,17+/m1/s1. The third-order valence-corrected chi connectivity index (χ3v) is 4.27. The molecule has 1 saturated heterocycles. The zero-order valence-electron chi connectivity index (χ0n) is 11.3.